The fourth-order valence-corrected chi connectivity index (χ4v) is 5.41. The van der Waals surface area contributed by atoms with Gasteiger partial charge in [-0.1, -0.05) is 24.3 Å². The van der Waals surface area contributed by atoms with E-state index in [1.807, 2.05) is 16.8 Å². The second kappa shape index (κ2) is 8.95. The quantitative estimate of drug-likeness (QED) is 0.400. The number of benzene rings is 1. The van der Waals surface area contributed by atoms with E-state index in [-0.39, 0.29) is 37.0 Å². The summed E-state index contributed by atoms with van der Waals surface area (Å²) in [6.07, 6.45) is 5.96. The van der Waals surface area contributed by atoms with Crippen LogP contribution in [0.2, 0.25) is 0 Å². The lowest BCUT2D eigenvalue weighted by Gasteiger charge is -2.16. The van der Waals surface area contributed by atoms with Gasteiger partial charge in [0.1, 0.15) is 17.8 Å². The van der Waals surface area contributed by atoms with Crippen molar-refractivity contribution in [2.45, 2.75) is 43.9 Å². The number of anilines is 1. The van der Waals surface area contributed by atoms with Crippen LogP contribution < -0.4 is 10.0 Å². The Morgan fingerprint density at radius 1 is 1.16 bits per heavy atom. The zero-order valence-corrected chi connectivity index (χ0v) is 18.9. The molecule has 0 spiro atoms. The minimum Gasteiger partial charge on any atom is -0.393 e. The van der Waals surface area contributed by atoms with E-state index in [9.17, 15) is 13.5 Å². The SMILES string of the molecule is Cl.O=S(=O)(O)NC[C@@H]1C[C@@H](n2ccc3c(N[C@H]4CCc5ccccc54)ncnc32)C[C@@H]1O. The average Bonchev–Trinajstić information content (AvgIpc) is 3.43. The van der Waals surface area contributed by atoms with Gasteiger partial charge in [-0.3, -0.25) is 4.55 Å². The Morgan fingerprint density at radius 2 is 1.97 bits per heavy atom. The van der Waals surface area contributed by atoms with E-state index in [1.165, 1.54) is 11.1 Å². The Hall–Kier alpha value is -2.24. The smallest absolute Gasteiger partial charge is 0.333 e. The van der Waals surface area contributed by atoms with E-state index in [1.54, 1.807) is 6.33 Å². The molecule has 1 aromatic carbocycles. The molecule has 0 amide bonds. The van der Waals surface area contributed by atoms with Crippen molar-refractivity contribution in [3.63, 3.8) is 0 Å². The third-order valence-electron chi connectivity index (χ3n) is 6.51. The van der Waals surface area contributed by atoms with Gasteiger partial charge in [0.2, 0.25) is 0 Å². The van der Waals surface area contributed by atoms with Crippen molar-refractivity contribution < 1.29 is 18.1 Å². The molecule has 1 saturated carbocycles. The summed E-state index contributed by atoms with van der Waals surface area (Å²) in [7, 11) is -4.28. The summed E-state index contributed by atoms with van der Waals surface area (Å²) in [5.74, 6) is 0.507. The highest BCUT2D eigenvalue weighted by atomic mass is 35.5. The molecule has 4 N–H and O–H groups in total. The Morgan fingerprint density at radius 3 is 2.78 bits per heavy atom. The van der Waals surface area contributed by atoms with E-state index < -0.39 is 16.4 Å². The van der Waals surface area contributed by atoms with Crippen molar-refractivity contribution in [3.05, 3.63) is 54.0 Å². The molecular weight excluding hydrogens is 454 g/mol. The molecule has 0 radical (unpaired) electrons. The van der Waals surface area contributed by atoms with E-state index in [0.717, 1.165) is 29.7 Å². The maximum atomic E-state index is 11.0. The first-order valence-corrected chi connectivity index (χ1v) is 11.9. The summed E-state index contributed by atoms with van der Waals surface area (Å²) < 4.78 is 35.0. The molecule has 3 aromatic rings. The van der Waals surface area contributed by atoms with Gasteiger partial charge in [-0.2, -0.15) is 13.1 Å². The lowest BCUT2D eigenvalue weighted by atomic mass is 10.1. The summed E-state index contributed by atoms with van der Waals surface area (Å²) in [5, 5.41) is 14.9. The molecule has 4 atom stereocenters. The van der Waals surface area contributed by atoms with E-state index in [4.69, 9.17) is 4.55 Å². The van der Waals surface area contributed by atoms with Crippen molar-refractivity contribution in [2.75, 3.05) is 11.9 Å². The van der Waals surface area contributed by atoms with Gasteiger partial charge in [-0.05, 0) is 42.9 Å². The molecule has 32 heavy (non-hydrogen) atoms. The van der Waals surface area contributed by atoms with Crippen molar-refractivity contribution >= 4 is 39.6 Å². The van der Waals surface area contributed by atoms with Crippen molar-refractivity contribution in [3.8, 4) is 0 Å². The first kappa shape index (κ1) is 22.9. The first-order valence-electron chi connectivity index (χ1n) is 10.4. The van der Waals surface area contributed by atoms with Gasteiger partial charge in [0.15, 0.2) is 0 Å². The standard InChI is InChI=1S/C21H25N5O4S.ClH/c27-19-10-15(9-14(19)11-24-31(28,29)30)26-8-7-17-20(22-12-23-21(17)26)25-18-6-5-13-3-1-2-4-16(13)18;/h1-4,7-8,12,14-15,18-19,24,27H,5-6,9-11H2,(H,22,23,25)(H,28,29,30);1H/t14-,15+,18-,19-;/m0./s1. The van der Waals surface area contributed by atoms with Gasteiger partial charge in [0.05, 0.1) is 17.5 Å². The number of fused-ring (bicyclic) bond motifs is 2. The average molecular weight is 480 g/mol. The number of hydrogen-bond acceptors (Lipinski definition) is 6. The largest absolute Gasteiger partial charge is 0.393 e. The molecule has 0 saturated heterocycles. The normalized spacial score (nSPS) is 24.9. The van der Waals surface area contributed by atoms with Crippen LogP contribution >= 0.6 is 12.4 Å². The number of aromatic nitrogens is 3. The minimum atomic E-state index is -4.28. The fraction of sp³-hybridized carbons (Fsp3) is 0.429. The molecule has 1 fully saturated rings. The zero-order chi connectivity index (χ0) is 21.6. The molecule has 2 aliphatic rings. The van der Waals surface area contributed by atoms with Crippen LogP contribution in [0.5, 0.6) is 0 Å². The first-order chi connectivity index (χ1) is 14.9. The fourth-order valence-electron chi connectivity index (χ4n) is 4.99. The van der Waals surface area contributed by atoms with Gasteiger partial charge in [-0.15, -0.1) is 12.4 Å². The van der Waals surface area contributed by atoms with Crippen LogP contribution in [0.25, 0.3) is 11.0 Å². The number of aliphatic hydroxyl groups excluding tert-OH is 1. The zero-order valence-electron chi connectivity index (χ0n) is 17.3. The number of halogens is 1. The van der Waals surface area contributed by atoms with Crippen LogP contribution in [-0.2, 0) is 16.7 Å². The predicted molar refractivity (Wildman–Crippen MR) is 123 cm³/mol. The molecule has 0 unspecified atom stereocenters. The van der Waals surface area contributed by atoms with Crippen molar-refractivity contribution in [1.29, 1.82) is 0 Å². The lowest BCUT2D eigenvalue weighted by molar-refractivity contribution is 0.133. The minimum absolute atomic E-state index is 0. The van der Waals surface area contributed by atoms with Gasteiger partial charge < -0.3 is 15.0 Å². The summed E-state index contributed by atoms with van der Waals surface area (Å²) in [4.78, 5) is 8.96. The highest BCUT2D eigenvalue weighted by Crippen LogP contribution is 2.38. The van der Waals surface area contributed by atoms with E-state index in [0.29, 0.717) is 12.8 Å². The highest BCUT2D eigenvalue weighted by Gasteiger charge is 2.35. The maximum absolute atomic E-state index is 11.0. The number of nitrogens with zero attached hydrogens (tertiary/aromatic N) is 3. The van der Waals surface area contributed by atoms with E-state index in [2.05, 4.69) is 44.3 Å². The number of aryl methyl sites for hydroxylation is 1. The van der Waals surface area contributed by atoms with Crippen LogP contribution in [-0.4, -0.2) is 45.3 Å². The molecule has 5 rings (SSSR count). The van der Waals surface area contributed by atoms with Crippen LogP contribution in [0, 0.1) is 5.92 Å². The van der Waals surface area contributed by atoms with Crippen LogP contribution in [0.1, 0.15) is 42.5 Å². The highest BCUT2D eigenvalue weighted by molar-refractivity contribution is 7.83. The molecular formula is C21H26ClN5O4S. The van der Waals surface area contributed by atoms with Gasteiger partial charge in [0, 0.05) is 24.7 Å². The van der Waals surface area contributed by atoms with Crippen LogP contribution in [0.3, 0.4) is 0 Å². The number of aliphatic hydroxyl groups is 1. The van der Waals surface area contributed by atoms with Gasteiger partial charge in [0.25, 0.3) is 0 Å². The van der Waals surface area contributed by atoms with Gasteiger partial charge in [-0.25, -0.2) is 9.97 Å². The Labute approximate surface area is 192 Å². The van der Waals surface area contributed by atoms with Crippen LogP contribution in [0.4, 0.5) is 5.82 Å². The molecule has 2 aliphatic carbocycles. The molecule has 9 nitrogen and oxygen atoms in total. The second-order valence-electron chi connectivity index (χ2n) is 8.39. The lowest BCUT2D eigenvalue weighted by Crippen LogP contribution is -2.31. The van der Waals surface area contributed by atoms with Crippen molar-refractivity contribution in [1.82, 2.24) is 19.3 Å². The molecule has 2 heterocycles. The van der Waals surface area contributed by atoms with Crippen LogP contribution in [0.15, 0.2) is 42.9 Å². The number of nitrogens with one attached hydrogen (secondary N) is 2. The van der Waals surface area contributed by atoms with E-state index >= 15 is 0 Å². The molecule has 0 aliphatic heterocycles. The monoisotopic (exact) mass is 479 g/mol. The third kappa shape index (κ3) is 4.46. The maximum Gasteiger partial charge on any atom is 0.333 e. The second-order valence-corrected chi connectivity index (χ2v) is 9.63. The molecule has 11 heteroatoms. The third-order valence-corrected chi connectivity index (χ3v) is 7.04. The Balaban J connectivity index is 0.00000245. The predicted octanol–water partition coefficient (Wildman–Crippen LogP) is 2.66. The number of rotatable bonds is 6. The summed E-state index contributed by atoms with van der Waals surface area (Å²) in [6, 6.07) is 10.6. The molecule has 172 valence electrons. The Kier molecular flexibility index (Phi) is 6.42. The Bertz CT molecular complexity index is 1220. The van der Waals surface area contributed by atoms with Crippen molar-refractivity contribution in [2.24, 2.45) is 5.92 Å². The summed E-state index contributed by atoms with van der Waals surface area (Å²) >= 11 is 0. The molecule has 2 aromatic heterocycles. The summed E-state index contributed by atoms with van der Waals surface area (Å²) in [5.41, 5.74) is 3.46. The molecule has 0 bridgehead atoms. The topological polar surface area (TPSA) is 129 Å². The van der Waals surface area contributed by atoms with Gasteiger partial charge >= 0.3 is 10.3 Å². The summed E-state index contributed by atoms with van der Waals surface area (Å²) in [6.45, 7) is -0.00141. The number of hydrogen-bond donors (Lipinski definition) is 4.